The largest absolute Gasteiger partial charge is 0.494 e. The standard InChI is InChI=1S/C15H12BrFN2OS/c1-2-20-10-5-3-9(4-6-10)19-14-8-12(17)11(16)7-13(14)18-15(19)21/h3-8H,2H2,1H3,(H,18,21). The molecular weight excluding hydrogens is 355 g/mol. The molecule has 0 atom stereocenters. The van der Waals surface area contributed by atoms with Crippen molar-refractivity contribution in [1.82, 2.24) is 9.55 Å². The van der Waals surface area contributed by atoms with Gasteiger partial charge in [-0.1, -0.05) is 0 Å². The highest BCUT2D eigenvalue weighted by molar-refractivity contribution is 9.10. The smallest absolute Gasteiger partial charge is 0.182 e. The van der Waals surface area contributed by atoms with E-state index in [1.807, 2.05) is 31.2 Å². The molecule has 6 heteroatoms. The van der Waals surface area contributed by atoms with Crippen molar-refractivity contribution < 1.29 is 9.13 Å². The van der Waals surface area contributed by atoms with Gasteiger partial charge in [-0.2, -0.15) is 0 Å². The van der Waals surface area contributed by atoms with Crippen molar-refractivity contribution in [2.75, 3.05) is 6.61 Å². The zero-order chi connectivity index (χ0) is 15.0. The molecular formula is C15H12BrFN2OS. The summed E-state index contributed by atoms with van der Waals surface area (Å²) in [5.41, 5.74) is 2.34. The van der Waals surface area contributed by atoms with Gasteiger partial charge in [0.1, 0.15) is 11.6 Å². The van der Waals surface area contributed by atoms with Crippen molar-refractivity contribution in [3.05, 3.63) is 51.5 Å². The fraction of sp³-hybridized carbons (Fsp3) is 0.133. The van der Waals surface area contributed by atoms with Crippen LogP contribution in [0.25, 0.3) is 16.7 Å². The highest BCUT2D eigenvalue weighted by Gasteiger charge is 2.10. The second kappa shape index (κ2) is 5.61. The number of H-pyrrole nitrogens is 1. The van der Waals surface area contributed by atoms with Crippen molar-refractivity contribution in [3.8, 4) is 11.4 Å². The third kappa shape index (κ3) is 2.61. The van der Waals surface area contributed by atoms with Gasteiger partial charge in [0.15, 0.2) is 4.77 Å². The predicted octanol–water partition coefficient (Wildman–Crippen LogP) is 4.99. The van der Waals surface area contributed by atoms with Gasteiger partial charge in [-0.25, -0.2) is 4.39 Å². The first-order chi connectivity index (χ1) is 10.1. The zero-order valence-corrected chi connectivity index (χ0v) is 13.6. The van der Waals surface area contributed by atoms with Crippen molar-refractivity contribution in [2.45, 2.75) is 6.92 Å². The molecule has 0 amide bonds. The Hall–Kier alpha value is -1.66. The van der Waals surface area contributed by atoms with Gasteiger partial charge >= 0.3 is 0 Å². The Morgan fingerprint density at radius 2 is 2.00 bits per heavy atom. The molecule has 0 unspecified atom stereocenters. The molecule has 0 aliphatic rings. The van der Waals surface area contributed by atoms with E-state index in [0.717, 1.165) is 17.0 Å². The van der Waals surface area contributed by atoms with Crippen molar-refractivity contribution in [3.63, 3.8) is 0 Å². The summed E-state index contributed by atoms with van der Waals surface area (Å²) >= 11 is 8.52. The van der Waals surface area contributed by atoms with Gasteiger partial charge in [0.25, 0.3) is 0 Å². The van der Waals surface area contributed by atoms with Gasteiger partial charge in [-0.15, -0.1) is 0 Å². The van der Waals surface area contributed by atoms with Crippen LogP contribution in [0.5, 0.6) is 5.75 Å². The second-order valence-electron chi connectivity index (χ2n) is 4.48. The Kier molecular flexibility index (Phi) is 3.82. The number of halogens is 2. The maximum absolute atomic E-state index is 13.8. The lowest BCUT2D eigenvalue weighted by Crippen LogP contribution is -1.96. The van der Waals surface area contributed by atoms with Gasteiger partial charge in [0, 0.05) is 11.8 Å². The molecule has 0 saturated heterocycles. The zero-order valence-electron chi connectivity index (χ0n) is 11.2. The molecule has 0 fully saturated rings. The molecule has 1 heterocycles. The van der Waals surface area contributed by atoms with E-state index >= 15 is 0 Å². The number of ether oxygens (including phenoxy) is 1. The summed E-state index contributed by atoms with van der Waals surface area (Å²) in [6, 6.07) is 10.7. The fourth-order valence-electron chi connectivity index (χ4n) is 2.22. The molecule has 1 aromatic heterocycles. The molecule has 3 aromatic rings. The molecule has 0 aliphatic carbocycles. The topological polar surface area (TPSA) is 29.9 Å². The van der Waals surface area contributed by atoms with Gasteiger partial charge in [0.2, 0.25) is 0 Å². The van der Waals surface area contributed by atoms with Crippen molar-refractivity contribution >= 4 is 39.2 Å². The lowest BCUT2D eigenvalue weighted by molar-refractivity contribution is 0.340. The van der Waals surface area contributed by atoms with E-state index in [9.17, 15) is 4.39 Å². The third-order valence-corrected chi connectivity index (χ3v) is 4.02. The highest BCUT2D eigenvalue weighted by Crippen LogP contribution is 2.26. The Morgan fingerprint density at radius 1 is 1.29 bits per heavy atom. The highest BCUT2D eigenvalue weighted by atomic mass is 79.9. The molecule has 0 saturated carbocycles. The Bertz CT molecular complexity index is 854. The van der Waals surface area contributed by atoms with Crippen LogP contribution in [-0.2, 0) is 0 Å². The van der Waals surface area contributed by atoms with Crippen LogP contribution in [0.15, 0.2) is 40.9 Å². The van der Waals surface area contributed by atoms with Gasteiger partial charge < -0.3 is 9.72 Å². The lowest BCUT2D eigenvalue weighted by atomic mass is 10.2. The number of rotatable bonds is 3. The molecule has 21 heavy (non-hydrogen) atoms. The van der Waals surface area contributed by atoms with Gasteiger partial charge in [-0.3, -0.25) is 4.57 Å². The summed E-state index contributed by atoms with van der Waals surface area (Å²) in [6.45, 7) is 2.55. The van der Waals surface area contributed by atoms with E-state index in [2.05, 4.69) is 20.9 Å². The molecule has 0 spiro atoms. The number of hydrogen-bond donors (Lipinski definition) is 1. The Morgan fingerprint density at radius 3 is 2.67 bits per heavy atom. The van der Waals surface area contributed by atoms with E-state index in [0.29, 0.717) is 21.4 Å². The van der Waals surface area contributed by atoms with E-state index in [-0.39, 0.29) is 5.82 Å². The van der Waals surface area contributed by atoms with Crippen LogP contribution in [0, 0.1) is 10.6 Å². The molecule has 2 aromatic carbocycles. The molecule has 3 nitrogen and oxygen atoms in total. The SMILES string of the molecule is CCOc1ccc(-n2c(=S)[nH]c3cc(Br)c(F)cc32)cc1. The number of aromatic amines is 1. The quantitative estimate of drug-likeness (QED) is 0.661. The molecule has 3 rings (SSSR count). The van der Waals surface area contributed by atoms with Crippen LogP contribution < -0.4 is 4.74 Å². The number of nitrogens with zero attached hydrogens (tertiary/aromatic N) is 1. The maximum atomic E-state index is 13.8. The van der Waals surface area contributed by atoms with E-state index < -0.39 is 0 Å². The summed E-state index contributed by atoms with van der Waals surface area (Å²) in [5.74, 6) is 0.470. The first-order valence-corrected chi connectivity index (χ1v) is 7.63. The number of aromatic nitrogens is 2. The minimum absolute atomic E-state index is 0.323. The van der Waals surface area contributed by atoms with Crippen LogP contribution in [0.3, 0.4) is 0 Å². The molecule has 1 N–H and O–H groups in total. The summed E-state index contributed by atoms with van der Waals surface area (Å²) in [6.07, 6.45) is 0. The third-order valence-electron chi connectivity index (χ3n) is 3.13. The number of imidazole rings is 1. The fourth-order valence-corrected chi connectivity index (χ4v) is 2.87. The summed E-state index contributed by atoms with van der Waals surface area (Å²) in [5, 5.41) is 0. The first kappa shape index (κ1) is 14.3. The average Bonchev–Trinajstić information content (AvgIpc) is 2.76. The van der Waals surface area contributed by atoms with Crippen LogP contribution >= 0.6 is 28.1 Å². The minimum Gasteiger partial charge on any atom is -0.494 e. The molecule has 0 radical (unpaired) electrons. The predicted molar refractivity (Wildman–Crippen MR) is 87.3 cm³/mol. The van der Waals surface area contributed by atoms with Crippen molar-refractivity contribution in [2.24, 2.45) is 0 Å². The van der Waals surface area contributed by atoms with Gasteiger partial charge in [0.05, 0.1) is 22.1 Å². The van der Waals surface area contributed by atoms with E-state index in [4.69, 9.17) is 17.0 Å². The van der Waals surface area contributed by atoms with Crippen LogP contribution in [0.2, 0.25) is 0 Å². The number of fused-ring (bicyclic) bond motifs is 1. The molecule has 108 valence electrons. The monoisotopic (exact) mass is 366 g/mol. The number of hydrogen-bond acceptors (Lipinski definition) is 2. The lowest BCUT2D eigenvalue weighted by Gasteiger charge is -2.07. The average molecular weight is 367 g/mol. The first-order valence-electron chi connectivity index (χ1n) is 6.43. The minimum atomic E-state index is -0.323. The van der Waals surface area contributed by atoms with E-state index in [1.165, 1.54) is 6.07 Å². The normalized spacial score (nSPS) is 11.0. The van der Waals surface area contributed by atoms with Crippen molar-refractivity contribution in [1.29, 1.82) is 0 Å². The van der Waals surface area contributed by atoms with E-state index in [1.54, 1.807) is 10.6 Å². The summed E-state index contributed by atoms with van der Waals surface area (Å²) in [4.78, 5) is 3.08. The van der Waals surface area contributed by atoms with Crippen LogP contribution in [-0.4, -0.2) is 16.2 Å². The molecule has 0 bridgehead atoms. The van der Waals surface area contributed by atoms with Gasteiger partial charge in [-0.05, 0) is 65.4 Å². The Labute approximate surface area is 134 Å². The molecule has 0 aliphatic heterocycles. The number of nitrogens with one attached hydrogen (secondary N) is 1. The number of benzene rings is 2. The maximum Gasteiger partial charge on any atom is 0.182 e. The summed E-state index contributed by atoms with van der Waals surface area (Å²) < 4.78 is 21.9. The Balaban J connectivity index is 2.17. The second-order valence-corrected chi connectivity index (χ2v) is 5.72. The van der Waals surface area contributed by atoms with Crippen LogP contribution in [0.1, 0.15) is 6.92 Å². The summed E-state index contributed by atoms with van der Waals surface area (Å²) in [7, 11) is 0. The van der Waals surface area contributed by atoms with Crippen LogP contribution in [0.4, 0.5) is 4.39 Å².